The summed E-state index contributed by atoms with van der Waals surface area (Å²) in [6, 6.07) is 11.0. The van der Waals surface area contributed by atoms with Crippen LogP contribution in [0.25, 0.3) is 11.3 Å². The molecule has 0 bridgehead atoms. The number of carbonyl (C=O) groups excluding carboxylic acids is 1. The Balaban J connectivity index is 1.47. The van der Waals surface area contributed by atoms with Gasteiger partial charge in [-0.05, 0) is 25.7 Å². The fraction of sp³-hybridized carbons (Fsp3) is 0.250. The van der Waals surface area contributed by atoms with Crippen LogP contribution >= 0.6 is 23.1 Å². The number of aryl methyl sites for hydroxylation is 2. The summed E-state index contributed by atoms with van der Waals surface area (Å²) in [6.45, 7) is 0. The molecule has 1 aliphatic rings. The van der Waals surface area contributed by atoms with Gasteiger partial charge in [0.1, 0.15) is 11.6 Å². The first-order valence-electron chi connectivity index (χ1n) is 9.15. The third kappa shape index (κ3) is 4.39. The first-order valence-corrected chi connectivity index (χ1v) is 11.0. The number of anilines is 1. The van der Waals surface area contributed by atoms with E-state index in [1.807, 2.05) is 24.3 Å². The van der Waals surface area contributed by atoms with Crippen molar-refractivity contribution in [2.24, 2.45) is 0 Å². The molecule has 4 rings (SSSR count). The minimum absolute atomic E-state index is 0.0432. The monoisotopic (exact) mass is 423 g/mol. The number of aromatic nitrogens is 3. The molecule has 2 N–H and O–H groups in total. The Labute approximate surface area is 175 Å². The number of nitriles is 1. The van der Waals surface area contributed by atoms with Crippen LogP contribution in [0.15, 0.2) is 40.3 Å². The molecule has 29 heavy (non-hydrogen) atoms. The van der Waals surface area contributed by atoms with Crippen LogP contribution in [0.3, 0.4) is 0 Å². The van der Waals surface area contributed by atoms with Crippen LogP contribution in [-0.2, 0) is 17.6 Å². The molecular weight excluding hydrogens is 406 g/mol. The van der Waals surface area contributed by atoms with Gasteiger partial charge in [-0.3, -0.25) is 9.59 Å². The minimum atomic E-state index is -0.517. The Morgan fingerprint density at radius 3 is 2.79 bits per heavy atom. The molecule has 0 unspecified atom stereocenters. The van der Waals surface area contributed by atoms with Crippen LogP contribution in [-0.4, -0.2) is 26.6 Å². The van der Waals surface area contributed by atoms with Gasteiger partial charge in [0.15, 0.2) is 10.3 Å². The number of rotatable bonds is 5. The molecule has 0 aliphatic heterocycles. The lowest BCUT2D eigenvalue weighted by Crippen LogP contribution is -2.17. The summed E-state index contributed by atoms with van der Waals surface area (Å²) in [4.78, 5) is 37.3. The van der Waals surface area contributed by atoms with E-state index in [1.165, 1.54) is 22.6 Å². The smallest absolute Gasteiger partial charge is 0.270 e. The van der Waals surface area contributed by atoms with E-state index in [2.05, 4.69) is 20.3 Å². The number of nitrogens with one attached hydrogen (secondary N) is 2. The molecule has 3 aromatic rings. The largest absolute Gasteiger partial charge is 0.301 e. The second-order valence-corrected chi connectivity index (χ2v) is 8.55. The number of nitrogens with zero attached hydrogens (tertiary/aromatic N) is 3. The average molecular weight is 424 g/mol. The summed E-state index contributed by atoms with van der Waals surface area (Å²) in [7, 11) is 0. The average Bonchev–Trinajstić information content (AvgIpc) is 3.14. The maximum atomic E-state index is 12.3. The summed E-state index contributed by atoms with van der Waals surface area (Å²) in [5.74, 6) is -0.137. The lowest BCUT2D eigenvalue weighted by molar-refractivity contribution is -0.113. The van der Waals surface area contributed by atoms with Gasteiger partial charge in [0, 0.05) is 10.4 Å². The van der Waals surface area contributed by atoms with Crippen molar-refractivity contribution in [3.63, 3.8) is 0 Å². The van der Waals surface area contributed by atoms with Crippen LogP contribution in [0.2, 0.25) is 0 Å². The van der Waals surface area contributed by atoms with Crippen molar-refractivity contribution in [2.45, 2.75) is 30.8 Å². The number of H-pyrrole nitrogens is 1. The standard InChI is InChI=1S/C20H17N5O2S2/c21-10-13-17(12-6-2-1-3-7-12)24-19(25-18(13)27)28-11-16(26)23-20-22-14-8-4-5-9-15(14)29-20/h1-3,6-7H,4-5,8-9,11H2,(H,22,23,26)(H,24,25,27). The van der Waals surface area contributed by atoms with Gasteiger partial charge in [0.25, 0.3) is 5.56 Å². The topological polar surface area (TPSA) is 112 Å². The van der Waals surface area contributed by atoms with E-state index >= 15 is 0 Å². The van der Waals surface area contributed by atoms with Gasteiger partial charge in [-0.15, -0.1) is 11.3 Å². The molecule has 1 aromatic carbocycles. The van der Waals surface area contributed by atoms with Crippen LogP contribution < -0.4 is 10.9 Å². The number of thioether (sulfide) groups is 1. The highest BCUT2D eigenvalue weighted by atomic mass is 32.2. The van der Waals surface area contributed by atoms with E-state index in [-0.39, 0.29) is 17.2 Å². The molecule has 0 saturated carbocycles. The number of amides is 1. The normalized spacial score (nSPS) is 12.8. The number of hydrogen-bond acceptors (Lipinski definition) is 7. The zero-order valence-corrected chi connectivity index (χ0v) is 17.0. The van der Waals surface area contributed by atoms with Crippen molar-refractivity contribution in [2.75, 3.05) is 11.1 Å². The summed E-state index contributed by atoms with van der Waals surface area (Å²) in [6.07, 6.45) is 4.30. The van der Waals surface area contributed by atoms with Gasteiger partial charge in [-0.2, -0.15) is 5.26 Å². The number of carbonyl (C=O) groups is 1. The predicted molar refractivity (Wildman–Crippen MR) is 113 cm³/mol. The highest BCUT2D eigenvalue weighted by Gasteiger charge is 2.17. The number of aromatic amines is 1. The quantitative estimate of drug-likeness (QED) is 0.481. The Morgan fingerprint density at radius 1 is 1.24 bits per heavy atom. The van der Waals surface area contributed by atoms with Crippen molar-refractivity contribution >= 4 is 34.1 Å². The van der Waals surface area contributed by atoms with Crippen molar-refractivity contribution < 1.29 is 4.79 Å². The van der Waals surface area contributed by atoms with Crippen LogP contribution in [0, 0.1) is 11.3 Å². The van der Waals surface area contributed by atoms with E-state index in [1.54, 1.807) is 12.1 Å². The molecule has 9 heteroatoms. The van der Waals surface area contributed by atoms with Crippen LogP contribution in [0.1, 0.15) is 29.0 Å². The van der Waals surface area contributed by atoms with Crippen molar-refractivity contribution in [3.05, 3.63) is 56.8 Å². The molecule has 0 atom stereocenters. The minimum Gasteiger partial charge on any atom is -0.301 e. The second kappa shape index (κ2) is 8.59. The van der Waals surface area contributed by atoms with Gasteiger partial charge >= 0.3 is 0 Å². The molecule has 1 aliphatic carbocycles. The summed E-state index contributed by atoms with van der Waals surface area (Å²) < 4.78 is 0. The summed E-state index contributed by atoms with van der Waals surface area (Å²) >= 11 is 2.64. The molecule has 1 amide bonds. The molecule has 2 aromatic heterocycles. The van der Waals surface area contributed by atoms with Gasteiger partial charge in [0.05, 0.1) is 17.1 Å². The van der Waals surface area contributed by atoms with Crippen molar-refractivity contribution in [1.29, 1.82) is 5.26 Å². The van der Waals surface area contributed by atoms with Crippen molar-refractivity contribution in [1.82, 2.24) is 15.0 Å². The Bertz CT molecular complexity index is 1120. The molecule has 2 heterocycles. The fourth-order valence-electron chi connectivity index (χ4n) is 3.12. The van der Waals surface area contributed by atoms with E-state index < -0.39 is 5.56 Å². The molecule has 0 fully saturated rings. The maximum Gasteiger partial charge on any atom is 0.270 e. The number of thiazole rings is 1. The van der Waals surface area contributed by atoms with Gasteiger partial charge in [-0.1, -0.05) is 42.1 Å². The Kier molecular flexibility index (Phi) is 5.74. The highest BCUT2D eigenvalue weighted by Crippen LogP contribution is 2.29. The van der Waals surface area contributed by atoms with Gasteiger partial charge < -0.3 is 10.3 Å². The third-order valence-electron chi connectivity index (χ3n) is 4.49. The maximum absolute atomic E-state index is 12.3. The lowest BCUT2D eigenvalue weighted by Gasteiger charge is -2.06. The first-order chi connectivity index (χ1) is 14.1. The first kappa shape index (κ1) is 19.4. The van der Waals surface area contributed by atoms with Crippen LogP contribution in [0.4, 0.5) is 5.13 Å². The Morgan fingerprint density at radius 2 is 2.03 bits per heavy atom. The zero-order chi connectivity index (χ0) is 20.2. The highest BCUT2D eigenvalue weighted by molar-refractivity contribution is 7.99. The van der Waals surface area contributed by atoms with Gasteiger partial charge in [0.2, 0.25) is 5.91 Å². The molecule has 7 nitrogen and oxygen atoms in total. The predicted octanol–water partition coefficient (Wildman–Crippen LogP) is 3.37. The van der Waals surface area contributed by atoms with Crippen LogP contribution in [0.5, 0.6) is 0 Å². The van der Waals surface area contributed by atoms with Crippen molar-refractivity contribution in [3.8, 4) is 17.3 Å². The van der Waals surface area contributed by atoms with E-state index in [9.17, 15) is 14.9 Å². The van der Waals surface area contributed by atoms with E-state index in [0.717, 1.165) is 36.7 Å². The zero-order valence-electron chi connectivity index (χ0n) is 15.4. The SMILES string of the molecule is N#Cc1c(-c2ccccc2)nc(SCC(=O)Nc2nc3c(s2)CCCC3)[nH]c1=O. The number of hydrogen-bond donors (Lipinski definition) is 2. The molecule has 0 spiro atoms. The molecular formula is C20H17N5O2S2. The number of benzene rings is 1. The van der Waals surface area contributed by atoms with Gasteiger partial charge in [-0.25, -0.2) is 9.97 Å². The molecule has 0 saturated heterocycles. The second-order valence-electron chi connectivity index (χ2n) is 6.51. The molecule has 0 radical (unpaired) electrons. The lowest BCUT2D eigenvalue weighted by atomic mass is 10.0. The molecule has 146 valence electrons. The summed E-state index contributed by atoms with van der Waals surface area (Å²) in [5.41, 5.74) is 1.52. The summed E-state index contributed by atoms with van der Waals surface area (Å²) in [5, 5.41) is 13.1. The van der Waals surface area contributed by atoms with E-state index in [0.29, 0.717) is 21.5 Å². The van der Waals surface area contributed by atoms with E-state index in [4.69, 9.17) is 0 Å². The third-order valence-corrected chi connectivity index (χ3v) is 6.43. The number of fused-ring (bicyclic) bond motifs is 1. The Hall–Kier alpha value is -2.96. The fourth-order valence-corrected chi connectivity index (χ4v) is 4.85.